The van der Waals surface area contributed by atoms with Crippen LogP contribution in [0.4, 0.5) is 0 Å². The van der Waals surface area contributed by atoms with E-state index in [0.29, 0.717) is 30.1 Å². The molecular weight excluding hydrogens is 392 g/mol. The van der Waals surface area contributed by atoms with E-state index in [2.05, 4.69) is 0 Å². The Bertz CT molecular complexity index is 1160. The molecule has 1 aliphatic heterocycles. The number of aliphatic hydroxyl groups is 1. The molecular formula is C21H19BClNO5. The highest BCUT2D eigenvalue weighted by atomic mass is 35.5. The molecule has 29 heavy (non-hydrogen) atoms. The van der Waals surface area contributed by atoms with Gasteiger partial charge in [0.1, 0.15) is 36.1 Å². The van der Waals surface area contributed by atoms with Gasteiger partial charge in [0.15, 0.2) is 5.43 Å². The molecule has 0 bridgehead atoms. The molecule has 148 valence electrons. The summed E-state index contributed by atoms with van der Waals surface area (Å²) in [5.74, 6) is -1.24. The lowest BCUT2D eigenvalue weighted by atomic mass is 9.80. The van der Waals surface area contributed by atoms with E-state index in [4.69, 9.17) is 23.9 Å². The second-order valence-electron chi connectivity index (χ2n) is 7.41. The van der Waals surface area contributed by atoms with Crippen molar-refractivity contribution in [2.45, 2.75) is 18.4 Å². The van der Waals surface area contributed by atoms with Crippen molar-refractivity contribution in [3.05, 3.63) is 51.1 Å². The van der Waals surface area contributed by atoms with E-state index in [-0.39, 0.29) is 33.5 Å². The van der Waals surface area contributed by atoms with Crippen molar-refractivity contribution < 1.29 is 19.7 Å². The summed E-state index contributed by atoms with van der Waals surface area (Å²) >= 11 is 6.25. The third-order valence-electron chi connectivity index (χ3n) is 5.49. The van der Waals surface area contributed by atoms with Crippen LogP contribution in [0.5, 0.6) is 11.5 Å². The van der Waals surface area contributed by atoms with E-state index < -0.39 is 23.2 Å². The zero-order valence-corrected chi connectivity index (χ0v) is 16.5. The summed E-state index contributed by atoms with van der Waals surface area (Å²) in [4.78, 5) is 14.8. The van der Waals surface area contributed by atoms with Crippen molar-refractivity contribution in [1.82, 2.24) is 4.90 Å². The number of phenolic OH excluding ortho intramolecular Hbond substituents is 2. The lowest BCUT2D eigenvalue weighted by Gasteiger charge is -2.34. The Morgan fingerprint density at radius 2 is 1.97 bits per heavy atom. The number of aromatic hydroxyl groups is 2. The summed E-state index contributed by atoms with van der Waals surface area (Å²) in [6.45, 7) is 1.07. The van der Waals surface area contributed by atoms with Crippen LogP contribution in [0.3, 0.4) is 0 Å². The Morgan fingerprint density at radius 1 is 1.24 bits per heavy atom. The molecule has 1 aliphatic rings. The molecule has 3 N–H and O–H groups in total. The predicted octanol–water partition coefficient (Wildman–Crippen LogP) is 2.10. The standard InChI is InChI=1S/C21H19BClNO5/c1-24-7-6-11(14(26)9-24)16-19(27)18(22)20(28)17-13(25)8-15(29-21(16)17)10-4-2-3-5-12(10)23/h2-5,8,11,14,26-28H,6-7,9H2,1H3. The lowest BCUT2D eigenvalue weighted by molar-refractivity contribution is 0.0631. The van der Waals surface area contributed by atoms with Crippen LogP contribution in [0.15, 0.2) is 39.5 Å². The summed E-state index contributed by atoms with van der Waals surface area (Å²) < 4.78 is 6.00. The summed E-state index contributed by atoms with van der Waals surface area (Å²) in [7, 11) is 7.76. The van der Waals surface area contributed by atoms with Gasteiger partial charge in [0.25, 0.3) is 0 Å². The Labute approximate surface area is 173 Å². The maximum absolute atomic E-state index is 12.9. The van der Waals surface area contributed by atoms with Gasteiger partial charge in [-0.3, -0.25) is 4.79 Å². The molecule has 2 radical (unpaired) electrons. The molecule has 2 heterocycles. The number of hydrogen-bond donors (Lipinski definition) is 3. The second-order valence-corrected chi connectivity index (χ2v) is 7.82. The van der Waals surface area contributed by atoms with Crippen molar-refractivity contribution in [2.75, 3.05) is 20.1 Å². The van der Waals surface area contributed by atoms with Crippen LogP contribution in [-0.2, 0) is 0 Å². The fourth-order valence-electron chi connectivity index (χ4n) is 3.97. The minimum atomic E-state index is -0.805. The number of β-amino-alcohol motifs (C(OH)–C–C–N with tert-alkyl or cyclic N) is 1. The van der Waals surface area contributed by atoms with Crippen LogP contribution >= 0.6 is 11.6 Å². The van der Waals surface area contributed by atoms with E-state index in [0.717, 1.165) is 0 Å². The van der Waals surface area contributed by atoms with Gasteiger partial charge in [-0.05, 0) is 37.6 Å². The van der Waals surface area contributed by atoms with Gasteiger partial charge in [-0.2, -0.15) is 0 Å². The summed E-state index contributed by atoms with van der Waals surface area (Å²) in [6, 6.07) is 8.11. The number of hydrogen-bond acceptors (Lipinski definition) is 6. The number of phenols is 2. The molecule has 2 atom stereocenters. The molecule has 0 amide bonds. The maximum atomic E-state index is 12.9. The Morgan fingerprint density at radius 3 is 2.66 bits per heavy atom. The van der Waals surface area contributed by atoms with Crippen LogP contribution < -0.4 is 10.9 Å². The number of fused-ring (bicyclic) bond motifs is 1. The van der Waals surface area contributed by atoms with Crippen molar-refractivity contribution in [1.29, 1.82) is 0 Å². The van der Waals surface area contributed by atoms with Gasteiger partial charge in [0.2, 0.25) is 0 Å². The van der Waals surface area contributed by atoms with E-state index in [1.165, 1.54) is 6.07 Å². The van der Waals surface area contributed by atoms with Crippen molar-refractivity contribution in [3.8, 4) is 22.8 Å². The highest BCUT2D eigenvalue weighted by Gasteiger charge is 2.34. The number of likely N-dealkylation sites (N-methyl/N-ethyl adjacent to an activating group) is 1. The fraction of sp³-hybridized carbons (Fsp3) is 0.286. The van der Waals surface area contributed by atoms with Gasteiger partial charge in [-0.25, -0.2) is 0 Å². The zero-order valence-electron chi connectivity index (χ0n) is 15.7. The largest absolute Gasteiger partial charge is 0.508 e. The third kappa shape index (κ3) is 3.29. The zero-order chi connectivity index (χ0) is 20.9. The quantitative estimate of drug-likeness (QED) is 0.559. The molecule has 3 aromatic rings. The Balaban J connectivity index is 2.04. The van der Waals surface area contributed by atoms with Crippen molar-refractivity contribution in [3.63, 3.8) is 0 Å². The van der Waals surface area contributed by atoms with Crippen LogP contribution in [0, 0.1) is 0 Å². The molecule has 1 fully saturated rings. The monoisotopic (exact) mass is 411 g/mol. The number of rotatable bonds is 2. The fourth-order valence-corrected chi connectivity index (χ4v) is 4.20. The third-order valence-corrected chi connectivity index (χ3v) is 5.82. The van der Waals surface area contributed by atoms with Gasteiger partial charge in [-0.15, -0.1) is 0 Å². The number of benzene rings is 2. The van der Waals surface area contributed by atoms with Crippen molar-refractivity contribution in [2.24, 2.45) is 0 Å². The molecule has 0 spiro atoms. The predicted molar refractivity (Wildman–Crippen MR) is 113 cm³/mol. The molecule has 8 heteroatoms. The van der Waals surface area contributed by atoms with Gasteiger partial charge < -0.3 is 24.6 Å². The normalized spacial score (nSPS) is 20.2. The molecule has 4 rings (SSSR count). The topological polar surface area (TPSA) is 94.1 Å². The highest BCUT2D eigenvalue weighted by Crippen LogP contribution is 2.41. The minimum Gasteiger partial charge on any atom is -0.508 e. The molecule has 1 saturated heterocycles. The minimum absolute atomic E-state index is 0.00484. The number of halogens is 1. The van der Waals surface area contributed by atoms with Crippen LogP contribution in [-0.4, -0.2) is 54.3 Å². The first kappa shape index (κ1) is 19.8. The number of nitrogens with zero attached hydrogens (tertiary/aromatic N) is 1. The smallest absolute Gasteiger partial charge is 0.197 e. The van der Waals surface area contributed by atoms with Crippen LogP contribution in [0.25, 0.3) is 22.3 Å². The van der Waals surface area contributed by atoms with Crippen molar-refractivity contribution >= 4 is 35.9 Å². The van der Waals surface area contributed by atoms with Gasteiger partial charge in [-0.1, -0.05) is 23.7 Å². The Kier molecular flexibility index (Phi) is 5.06. The molecule has 1 aromatic heterocycles. The second kappa shape index (κ2) is 7.41. The molecule has 0 saturated carbocycles. The van der Waals surface area contributed by atoms with Gasteiger partial charge in [0.05, 0.1) is 11.1 Å². The first-order valence-corrected chi connectivity index (χ1v) is 9.60. The SMILES string of the molecule is [B]c1c(O)c(C2CCN(C)CC2O)c2oc(-c3ccccc3Cl)cc(=O)c2c1O. The first-order valence-electron chi connectivity index (χ1n) is 9.22. The average molecular weight is 412 g/mol. The molecule has 2 unspecified atom stereocenters. The van der Waals surface area contributed by atoms with Crippen LogP contribution in [0.2, 0.25) is 5.02 Å². The number of piperidine rings is 1. The maximum Gasteiger partial charge on any atom is 0.197 e. The molecule has 2 aromatic carbocycles. The van der Waals surface area contributed by atoms with Gasteiger partial charge >= 0.3 is 0 Å². The average Bonchev–Trinajstić information content (AvgIpc) is 2.67. The summed E-state index contributed by atoms with van der Waals surface area (Å²) in [6.07, 6.45) is -0.286. The van der Waals surface area contributed by atoms with Crippen LogP contribution in [0.1, 0.15) is 17.9 Å². The number of aliphatic hydroxyl groups excluding tert-OH is 1. The van der Waals surface area contributed by atoms with Gasteiger partial charge in [0, 0.05) is 29.7 Å². The number of likely N-dealkylation sites (tertiary alicyclic amines) is 1. The first-order chi connectivity index (χ1) is 13.8. The van der Waals surface area contributed by atoms with E-state index >= 15 is 0 Å². The van der Waals surface area contributed by atoms with E-state index in [9.17, 15) is 20.1 Å². The molecule has 0 aliphatic carbocycles. The highest BCUT2D eigenvalue weighted by molar-refractivity contribution is 6.38. The lowest BCUT2D eigenvalue weighted by Crippen LogP contribution is -2.40. The molecule has 6 nitrogen and oxygen atoms in total. The summed E-state index contributed by atoms with van der Waals surface area (Å²) in [5, 5.41) is 32.0. The van der Waals surface area contributed by atoms with E-state index in [1.54, 1.807) is 24.3 Å². The van der Waals surface area contributed by atoms with E-state index in [1.807, 2.05) is 11.9 Å². The summed E-state index contributed by atoms with van der Waals surface area (Å²) in [5.41, 5.74) is -0.101. The Hall–Kier alpha value is -2.48.